The molecular weight excluding hydrogens is 453 g/mol. The van der Waals surface area contributed by atoms with Crippen molar-refractivity contribution in [1.29, 1.82) is 0 Å². The topological polar surface area (TPSA) is 111 Å². The number of carbonyl (C=O) groups is 2. The van der Waals surface area contributed by atoms with E-state index in [0.29, 0.717) is 5.56 Å². The lowest BCUT2D eigenvalue weighted by Gasteiger charge is -2.29. The first-order valence-electron chi connectivity index (χ1n) is 10.2. The molecule has 0 aliphatic carbocycles. The number of halogens is 3. The maximum atomic E-state index is 13.0. The van der Waals surface area contributed by atoms with Crippen LogP contribution in [0.3, 0.4) is 0 Å². The number of esters is 1. The number of rotatable bonds is 6. The van der Waals surface area contributed by atoms with Gasteiger partial charge in [0.25, 0.3) is 0 Å². The quantitative estimate of drug-likeness (QED) is 0.533. The summed E-state index contributed by atoms with van der Waals surface area (Å²) in [5, 5.41) is 17.1. The first-order valence-corrected chi connectivity index (χ1v) is 10.2. The Balaban J connectivity index is 1.69. The second kappa shape index (κ2) is 9.33. The number of allylic oxidation sites excluding steroid dienone is 1. The van der Waals surface area contributed by atoms with Crippen molar-refractivity contribution in [3.63, 3.8) is 0 Å². The van der Waals surface area contributed by atoms with Crippen LogP contribution >= 0.6 is 0 Å². The number of aromatic nitrogens is 4. The number of carbonyl (C=O) groups excluding carboxylic acids is 2. The van der Waals surface area contributed by atoms with E-state index < -0.39 is 29.8 Å². The van der Waals surface area contributed by atoms with Gasteiger partial charge in [-0.15, -0.1) is 10.2 Å². The number of hydrogen-bond acceptors (Lipinski definition) is 6. The molecule has 0 radical (unpaired) electrons. The van der Waals surface area contributed by atoms with Crippen LogP contribution < -0.4 is 10.6 Å². The van der Waals surface area contributed by atoms with E-state index in [4.69, 9.17) is 4.74 Å². The summed E-state index contributed by atoms with van der Waals surface area (Å²) < 4.78 is 44.3. The minimum absolute atomic E-state index is 0.0377. The number of tetrazole rings is 1. The molecule has 2 heterocycles. The number of nitrogens with zero attached hydrogens (tertiary/aromatic N) is 4. The van der Waals surface area contributed by atoms with Crippen LogP contribution in [-0.4, -0.2) is 38.8 Å². The van der Waals surface area contributed by atoms with Crippen LogP contribution in [0.4, 0.5) is 18.0 Å². The first-order chi connectivity index (χ1) is 16.3. The van der Waals surface area contributed by atoms with Gasteiger partial charge in [-0.3, -0.25) is 0 Å². The van der Waals surface area contributed by atoms with Gasteiger partial charge in [-0.1, -0.05) is 42.5 Å². The fraction of sp³-hybridized carbons (Fsp3) is 0.227. The molecule has 34 heavy (non-hydrogen) atoms. The Morgan fingerprint density at radius 1 is 1.15 bits per heavy atom. The van der Waals surface area contributed by atoms with Gasteiger partial charge in [0.1, 0.15) is 6.54 Å². The van der Waals surface area contributed by atoms with E-state index in [1.54, 1.807) is 37.3 Å². The zero-order valence-electron chi connectivity index (χ0n) is 17.8. The Hall–Kier alpha value is -4.22. The Morgan fingerprint density at radius 2 is 1.91 bits per heavy atom. The zero-order chi connectivity index (χ0) is 24.3. The molecule has 1 aromatic heterocycles. The molecule has 9 nitrogen and oxygen atoms in total. The van der Waals surface area contributed by atoms with Gasteiger partial charge in [0.2, 0.25) is 5.82 Å². The van der Waals surface area contributed by atoms with Gasteiger partial charge >= 0.3 is 18.2 Å². The van der Waals surface area contributed by atoms with Gasteiger partial charge in [0.15, 0.2) is 0 Å². The number of alkyl halides is 3. The van der Waals surface area contributed by atoms with Gasteiger partial charge < -0.3 is 15.4 Å². The van der Waals surface area contributed by atoms with Gasteiger partial charge in [-0.25, -0.2) is 9.59 Å². The van der Waals surface area contributed by atoms with Gasteiger partial charge in [0.05, 0.1) is 29.5 Å². The normalized spacial score (nSPS) is 16.1. The van der Waals surface area contributed by atoms with Crippen LogP contribution in [0.15, 0.2) is 65.9 Å². The van der Waals surface area contributed by atoms with E-state index in [0.717, 1.165) is 16.9 Å². The number of urea groups is 1. The Labute approximate surface area is 191 Å². The summed E-state index contributed by atoms with van der Waals surface area (Å²) in [6.45, 7) is 1.61. The zero-order valence-corrected chi connectivity index (χ0v) is 17.8. The van der Waals surface area contributed by atoms with Crippen molar-refractivity contribution in [2.45, 2.75) is 25.7 Å². The number of hydrogen-bond donors (Lipinski definition) is 2. The monoisotopic (exact) mass is 472 g/mol. The molecule has 2 aromatic carbocycles. The Kier molecular flexibility index (Phi) is 6.30. The third-order valence-corrected chi connectivity index (χ3v) is 4.98. The van der Waals surface area contributed by atoms with Crippen molar-refractivity contribution >= 4 is 12.0 Å². The highest BCUT2D eigenvalue weighted by Crippen LogP contribution is 2.31. The smallest absolute Gasteiger partial charge is 0.416 e. The fourth-order valence-corrected chi connectivity index (χ4v) is 3.49. The lowest BCUT2D eigenvalue weighted by Crippen LogP contribution is -2.47. The van der Waals surface area contributed by atoms with Crippen molar-refractivity contribution in [2.24, 2.45) is 0 Å². The molecule has 3 aromatic rings. The molecule has 0 unspecified atom stereocenters. The van der Waals surface area contributed by atoms with E-state index in [1.165, 1.54) is 12.1 Å². The lowest BCUT2D eigenvalue weighted by atomic mass is 9.95. The number of benzene rings is 2. The van der Waals surface area contributed by atoms with Crippen LogP contribution in [0.25, 0.3) is 11.4 Å². The van der Waals surface area contributed by atoms with E-state index in [1.807, 2.05) is 0 Å². The predicted molar refractivity (Wildman–Crippen MR) is 113 cm³/mol. The standard InChI is InChI=1S/C22H19F3N6O3/c1-2-34-20(32)17-16(26-21(33)27-18(17)13-7-4-3-5-8-13)12-31-29-19(28-30-31)14-9-6-10-15(11-14)22(23,24)25/h3-11,18H,2,12H2,1H3,(H2,26,27,33)/t18-/m1/s1. The molecule has 1 aliphatic heterocycles. The van der Waals surface area contributed by atoms with Crippen molar-refractivity contribution in [3.05, 3.63) is 77.0 Å². The second-order valence-electron chi connectivity index (χ2n) is 7.28. The third-order valence-electron chi connectivity index (χ3n) is 4.98. The molecule has 0 bridgehead atoms. The van der Waals surface area contributed by atoms with Gasteiger partial charge in [0, 0.05) is 5.56 Å². The minimum atomic E-state index is -4.52. The van der Waals surface area contributed by atoms with Crippen LogP contribution in [0.1, 0.15) is 24.1 Å². The van der Waals surface area contributed by atoms with Crippen molar-refractivity contribution < 1.29 is 27.5 Å². The first kappa shape index (κ1) is 23.0. The van der Waals surface area contributed by atoms with E-state index >= 15 is 0 Å². The highest BCUT2D eigenvalue weighted by Gasteiger charge is 2.34. The lowest BCUT2D eigenvalue weighted by molar-refractivity contribution is -0.139. The average molecular weight is 472 g/mol. The van der Waals surface area contributed by atoms with Gasteiger partial charge in [-0.05, 0) is 29.8 Å². The molecule has 1 atom stereocenters. The number of nitrogens with one attached hydrogen (secondary N) is 2. The van der Waals surface area contributed by atoms with E-state index in [9.17, 15) is 22.8 Å². The van der Waals surface area contributed by atoms with E-state index in [-0.39, 0.29) is 35.8 Å². The summed E-state index contributed by atoms with van der Waals surface area (Å²) in [6, 6.07) is 12.1. The Bertz CT molecular complexity index is 1240. The maximum absolute atomic E-state index is 13.0. The molecule has 0 fully saturated rings. The molecule has 4 rings (SSSR count). The van der Waals surface area contributed by atoms with Crippen LogP contribution in [0.2, 0.25) is 0 Å². The summed E-state index contributed by atoms with van der Waals surface area (Å²) in [6.07, 6.45) is -4.52. The molecule has 0 saturated heterocycles. The fourth-order valence-electron chi connectivity index (χ4n) is 3.49. The Morgan fingerprint density at radius 3 is 2.62 bits per heavy atom. The predicted octanol–water partition coefficient (Wildman–Crippen LogP) is 3.23. The van der Waals surface area contributed by atoms with Gasteiger partial charge in [-0.2, -0.15) is 18.0 Å². The highest BCUT2D eigenvalue weighted by molar-refractivity contribution is 5.95. The van der Waals surface area contributed by atoms with Crippen molar-refractivity contribution in [2.75, 3.05) is 6.61 Å². The van der Waals surface area contributed by atoms with Crippen molar-refractivity contribution in [3.8, 4) is 11.4 Å². The maximum Gasteiger partial charge on any atom is 0.416 e. The average Bonchev–Trinajstić information content (AvgIpc) is 3.27. The largest absolute Gasteiger partial charge is 0.463 e. The second-order valence-corrected chi connectivity index (χ2v) is 7.28. The van der Waals surface area contributed by atoms with Crippen LogP contribution in [0.5, 0.6) is 0 Å². The summed E-state index contributed by atoms with van der Waals surface area (Å²) in [5.41, 5.74) is 0.283. The summed E-state index contributed by atoms with van der Waals surface area (Å²) in [7, 11) is 0. The highest BCUT2D eigenvalue weighted by atomic mass is 19.4. The van der Waals surface area contributed by atoms with E-state index in [2.05, 4.69) is 26.0 Å². The molecule has 12 heteroatoms. The summed E-state index contributed by atoms with van der Waals surface area (Å²) in [5.74, 6) is -0.679. The molecule has 0 saturated carbocycles. The number of amides is 2. The number of ether oxygens (including phenoxy) is 1. The molecule has 2 N–H and O–H groups in total. The summed E-state index contributed by atoms with van der Waals surface area (Å²) >= 11 is 0. The molecule has 176 valence electrons. The van der Waals surface area contributed by atoms with Crippen LogP contribution in [0, 0.1) is 0 Å². The molecular formula is C22H19F3N6O3. The molecule has 0 spiro atoms. The third kappa shape index (κ3) is 4.90. The van der Waals surface area contributed by atoms with Crippen LogP contribution in [-0.2, 0) is 22.3 Å². The summed E-state index contributed by atoms with van der Waals surface area (Å²) in [4.78, 5) is 26.2. The minimum Gasteiger partial charge on any atom is -0.463 e. The SMILES string of the molecule is CCOC(=O)C1=C(Cn2nnc(-c3cccc(C(F)(F)F)c3)n2)NC(=O)N[C@@H]1c1ccccc1. The van der Waals surface area contributed by atoms with Crippen molar-refractivity contribution in [1.82, 2.24) is 30.8 Å². The molecule has 1 aliphatic rings. The molecule has 2 amide bonds.